The fourth-order valence-corrected chi connectivity index (χ4v) is 6.18. The Balaban J connectivity index is 1.18. The van der Waals surface area contributed by atoms with Crippen LogP contribution in [0.5, 0.6) is 11.5 Å². The van der Waals surface area contributed by atoms with Crippen molar-refractivity contribution in [3.05, 3.63) is 59.9 Å². The first kappa shape index (κ1) is 28.4. The molecule has 7 nitrogen and oxygen atoms in total. The molecule has 5 rings (SSSR count). The molecule has 2 amide bonds. The quantitative estimate of drug-likeness (QED) is 0.460. The normalized spacial score (nSPS) is 21.7. The third-order valence-electron chi connectivity index (χ3n) is 8.65. The molecule has 2 fully saturated rings. The van der Waals surface area contributed by atoms with E-state index in [-0.39, 0.29) is 34.8 Å². The number of likely N-dealkylation sites (tertiary alicyclic amines) is 1. The zero-order chi connectivity index (χ0) is 27.8. The molecular weight excluding hydrogens is 511 g/mol. The highest BCUT2D eigenvalue weighted by molar-refractivity contribution is 5.97. The lowest BCUT2D eigenvalue weighted by Crippen LogP contribution is -2.45. The van der Waals surface area contributed by atoms with Crippen molar-refractivity contribution >= 4 is 11.8 Å². The molecule has 0 N–H and O–H groups in total. The Labute approximate surface area is 236 Å². The van der Waals surface area contributed by atoms with Gasteiger partial charge in [-0.15, -0.1) is 0 Å². The van der Waals surface area contributed by atoms with Gasteiger partial charge in [-0.2, -0.15) is 0 Å². The van der Waals surface area contributed by atoms with Gasteiger partial charge in [0.2, 0.25) is 5.91 Å². The van der Waals surface area contributed by atoms with Crippen molar-refractivity contribution in [1.29, 1.82) is 0 Å². The number of benzene rings is 2. The highest BCUT2D eigenvalue weighted by Crippen LogP contribution is 2.38. The first-order valence-electron chi connectivity index (χ1n) is 14.8. The van der Waals surface area contributed by atoms with E-state index in [0.29, 0.717) is 63.7 Å². The minimum absolute atomic E-state index is 0.0206. The van der Waals surface area contributed by atoms with E-state index in [9.17, 15) is 14.0 Å². The molecule has 0 bridgehead atoms. The first-order chi connectivity index (χ1) is 19.5. The van der Waals surface area contributed by atoms with Crippen molar-refractivity contribution in [2.75, 3.05) is 46.1 Å². The summed E-state index contributed by atoms with van der Waals surface area (Å²) in [6.07, 6.45) is 7.63. The second-order valence-electron chi connectivity index (χ2n) is 11.4. The number of ether oxygens (including phenoxy) is 3. The Morgan fingerprint density at radius 1 is 1.00 bits per heavy atom. The van der Waals surface area contributed by atoms with Gasteiger partial charge in [0.1, 0.15) is 5.75 Å². The van der Waals surface area contributed by atoms with E-state index in [1.165, 1.54) is 6.07 Å². The Kier molecular flexibility index (Phi) is 9.57. The average molecular weight is 553 g/mol. The Hall–Kier alpha value is -3.13. The lowest BCUT2D eigenvalue weighted by molar-refractivity contribution is -0.134. The van der Waals surface area contributed by atoms with E-state index >= 15 is 0 Å². The summed E-state index contributed by atoms with van der Waals surface area (Å²) in [4.78, 5) is 30.3. The molecule has 2 aromatic rings. The van der Waals surface area contributed by atoms with Crippen LogP contribution in [0.2, 0.25) is 0 Å². The van der Waals surface area contributed by atoms with Crippen molar-refractivity contribution in [1.82, 2.24) is 9.80 Å². The molecule has 0 unspecified atom stereocenters. The molecule has 1 atom stereocenters. The second kappa shape index (κ2) is 13.5. The van der Waals surface area contributed by atoms with Gasteiger partial charge in [0.15, 0.2) is 11.6 Å². The van der Waals surface area contributed by atoms with Crippen molar-refractivity contribution in [2.45, 2.75) is 63.8 Å². The lowest BCUT2D eigenvalue weighted by Gasteiger charge is -2.42. The molecule has 3 heterocycles. The molecule has 40 heavy (non-hydrogen) atoms. The molecule has 0 aliphatic carbocycles. The number of piperidine rings is 1. The predicted octanol–water partition coefficient (Wildman–Crippen LogP) is 5.48. The summed E-state index contributed by atoms with van der Waals surface area (Å²) in [5, 5.41) is 0. The fraction of sp³-hybridized carbons (Fsp3) is 0.562. The number of para-hydroxylation sites is 2. The molecule has 2 aromatic carbocycles. The summed E-state index contributed by atoms with van der Waals surface area (Å²) < 4.78 is 31.7. The van der Waals surface area contributed by atoms with E-state index in [4.69, 9.17) is 14.2 Å². The lowest BCUT2D eigenvalue weighted by atomic mass is 9.75. The topological polar surface area (TPSA) is 68.3 Å². The molecule has 3 aliphatic rings. The zero-order valence-electron chi connectivity index (χ0n) is 23.3. The van der Waals surface area contributed by atoms with E-state index in [0.717, 1.165) is 51.5 Å². The van der Waals surface area contributed by atoms with Gasteiger partial charge in [-0.25, -0.2) is 4.39 Å². The average Bonchev–Trinajstić information content (AvgIpc) is 3.45. The van der Waals surface area contributed by atoms with Crippen LogP contribution in [-0.2, 0) is 9.53 Å². The third kappa shape index (κ3) is 6.95. The molecule has 0 radical (unpaired) electrons. The Bertz CT molecular complexity index is 1150. The van der Waals surface area contributed by atoms with E-state index in [2.05, 4.69) is 0 Å². The number of amides is 2. The van der Waals surface area contributed by atoms with Gasteiger partial charge in [0.25, 0.3) is 5.91 Å². The van der Waals surface area contributed by atoms with Crippen molar-refractivity contribution in [3.8, 4) is 11.5 Å². The van der Waals surface area contributed by atoms with Crippen LogP contribution in [-0.4, -0.2) is 73.7 Å². The molecule has 3 aliphatic heterocycles. The standard InChI is InChI=1S/C32H41FN2O5/c33-27-11-2-4-13-29(27)39-22-8-14-30(36)34-19-16-32(17-20-34)15-5-6-21-38-23-25-9-7-18-35(25)31(37)26-10-1-3-12-28(26)40-24-32/h1-4,10-13,25H,5-9,14-24H2/t25-/m0/s1. The van der Waals surface area contributed by atoms with Crippen LogP contribution in [0.3, 0.4) is 0 Å². The molecule has 1 spiro atoms. The number of hydrogen-bond acceptors (Lipinski definition) is 5. The van der Waals surface area contributed by atoms with E-state index in [1.807, 2.05) is 34.1 Å². The predicted molar refractivity (Wildman–Crippen MR) is 150 cm³/mol. The summed E-state index contributed by atoms with van der Waals surface area (Å²) in [6, 6.07) is 14.0. The molecule has 0 saturated carbocycles. The van der Waals surface area contributed by atoms with Crippen LogP contribution in [0, 0.1) is 11.2 Å². The van der Waals surface area contributed by atoms with Gasteiger partial charge < -0.3 is 24.0 Å². The Morgan fingerprint density at radius 2 is 1.80 bits per heavy atom. The number of carbonyl (C=O) groups excluding carboxylic acids is 2. The number of fused-ring (bicyclic) bond motifs is 2. The summed E-state index contributed by atoms with van der Waals surface area (Å²) in [5.74, 6) is 0.603. The number of hydrogen-bond donors (Lipinski definition) is 0. The summed E-state index contributed by atoms with van der Waals surface area (Å²) in [6.45, 7) is 4.24. The highest BCUT2D eigenvalue weighted by Gasteiger charge is 2.37. The van der Waals surface area contributed by atoms with Crippen LogP contribution >= 0.6 is 0 Å². The summed E-state index contributed by atoms with van der Waals surface area (Å²) >= 11 is 0. The maximum atomic E-state index is 13.7. The summed E-state index contributed by atoms with van der Waals surface area (Å²) in [5.41, 5.74) is 0.563. The fourth-order valence-electron chi connectivity index (χ4n) is 6.18. The molecule has 2 saturated heterocycles. The maximum Gasteiger partial charge on any atom is 0.257 e. The smallest absolute Gasteiger partial charge is 0.257 e. The van der Waals surface area contributed by atoms with Crippen LogP contribution in [0.25, 0.3) is 0 Å². The monoisotopic (exact) mass is 552 g/mol. The van der Waals surface area contributed by atoms with Crippen LogP contribution < -0.4 is 9.47 Å². The van der Waals surface area contributed by atoms with Gasteiger partial charge in [-0.1, -0.05) is 30.7 Å². The minimum atomic E-state index is -0.389. The number of halogens is 1. The van der Waals surface area contributed by atoms with Crippen molar-refractivity contribution in [3.63, 3.8) is 0 Å². The van der Waals surface area contributed by atoms with Gasteiger partial charge in [-0.05, 0) is 69.2 Å². The first-order valence-corrected chi connectivity index (χ1v) is 14.8. The van der Waals surface area contributed by atoms with Crippen molar-refractivity contribution in [2.24, 2.45) is 5.41 Å². The Morgan fingerprint density at radius 3 is 2.65 bits per heavy atom. The van der Waals surface area contributed by atoms with Gasteiger partial charge in [0.05, 0.1) is 31.4 Å². The molecular formula is C32H41FN2O5. The van der Waals surface area contributed by atoms with E-state index in [1.54, 1.807) is 18.2 Å². The van der Waals surface area contributed by atoms with Gasteiger partial charge >= 0.3 is 0 Å². The maximum absolute atomic E-state index is 13.7. The number of rotatable bonds is 5. The number of carbonyl (C=O) groups is 2. The summed E-state index contributed by atoms with van der Waals surface area (Å²) in [7, 11) is 0. The highest BCUT2D eigenvalue weighted by atomic mass is 19.1. The second-order valence-corrected chi connectivity index (χ2v) is 11.4. The SMILES string of the molecule is O=C(CCCOc1ccccc1F)N1CCC2(CCCCOC[C@@H]3CCCN3C(=O)c3ccccc3OC2)CC1. The van der Waals surface area contributed by atoms with Crippen LogP contribution in [0.1, 0.15) is 68.1 Å². The molecule has 0 aromatic heterocycles. The van der Waals surface area contributed by atoms with Gasteiger partial charge in [0, 0.05) is 38.1 Å². The third-order valence-corrected chi connectivity index (χ3v) is 8.65. The zero-order valence-corrected chi connectivity index (χ0v) is 23.3. The molecule has 8 heteroatoms. The van der Waals surface area contributed by atoms with E-state index < -0.39 is 0 Å². The van der Waals surface area contributed by atoms with Crippen molar-refractivity contribution < 1.29 is 28.2 Å². The largest absolute Gasteiger partial charge is 0.492 e. The van der Waals surface area contributed by atoms with Gasteiger partial charge in [-0.3, -0.25) is 9.59 Å². The van der Waals surface area contributed by atoms with Crippen LogP contribution in [0.15, 0.2) is 48.5 Å². The molecule has 216 valence electrons. The number of nitrogens with zero attached hydrogens (tertiary/aromatic N) is 2. The minimum Gasteiger partial charge on any atom is -0.492 e. The van der Waals surface area contributed by atoms with Crippen LogP contribution in [0.4, 0.5) is 4.39 Å².